The number of amides is 3. The van der Waals surface area contributed by atoms with E-state index in [-0.39, 0.29) is 35.5 Å². The minimum absolute atomic E-state index is 0.104. The molecule has 0 bridgehead atoms. The molecule has 9 nitrogen and oxygen atoms in total. The van der Waals surface area contributed by atoms with E-state index in [1.807, 2.05) is 0 Å². The number of benzene rings is 2. The number of hydrogen-bond acceptors (Lipinski definition) is 6. The molecule has 168 valence electrons. The van der Waals surface area contributed by atoms with Gasteiger partial charge in [0.1, 0.15) is 5.60 Å². The SMILES string of the molecule is COC(=O)c1ccc2c(c1)NC(=O)c1ccccc1C(=O)N2CCNC(=O)OC(C)(C)C. The fourth-order valence-electron chi connectivity index (χ4n) is 3.23. The Balaban J connectivity index is 1.95. The summed E-state index contributed by atoms with van der Waals surface area (Å²) in [7, 11) is 1.26. The van der Waals surface area contributed by atoms with Gasteiger partial charge in [0.2, 0.25) is 0 Å². The number of alkyl carbamates (subject to hydrolysis) is 1. The lowest BCUT2D eigenvalue weighted by Gasteiger charge is -2.29. The predicted octanol–water partition coefficient (Wildman–Crippen LogP) is 3.21. The highest BCUT2D eigenvalue weighted by Crippen LogP contribution is 2.32. The van der Waals surface area contributed by atoms with Crippen LogP contribution in [0.3, 0.4) is 0 Å². The number of esters is 1. The van der Waals surface area contributed by atoms with Crippen molar-refractivity contribution < 1.29 is 28.7 Å². The Morgan fingerprint density at radius 1 is 1.06 bits per heavy atom. The monoisotopic (exact) mass is 439 g/mol. The van der Waals surface area contributed by atoms with Gasteiger partial charge >= 0.3 is 12.1 Å². The molecule has 3 rings (SSSR count). The molecular weight excluding hydrogens is 414 g/mol. The van der Waals surface area contributed by atoms with E-state index in [1.165, 1.54) is 24.1 Å². The van der Waals surface area contributed by atoms with E-state index in [0.717, 1.165) is 0 Å². The van der Waals surface area contributed by atoms with Gasteiger partial charge in [-0.1, -0.05) is 12.1 Å². The average Bonchev–Trinajstić information content (AvgIpc) is 2.74. The van der Waals surface area contributed by atoms with Gasteiger partial charge in [-0.15, -0.1) is 0 Å². The predicted molar refractivity (Wildman–Crippen MR) is 118 cm³/mol. The molecule has 1 heterocycles. The third kappa shape index (κ3) is 5.05. The van der Waals surface area contributed by atoms with Gasteiger partial charge in [0.05, 0.1) is 35.2 Å². The van der Waals surface area contributed by atoms with Gasteiger partial charge in [0.15, 0.2) is 0 Å². The Morgan fingerprint density at radius 2 is 1.75 bits per heavy atom. The summed E-state index contributed by atoms with van der Waals surface area (Å²) in [5.74, 6) is -1.45. The van der Waals surface area contributed by atoms with Gasteiger partial charge in [0.25, 0.3) is 11.8 Å². The molecular formula is C23H25N3O6. The van der Waals surface area contributed by atoms with Crippen LogP contribution in [-0.4, -0.2) is 49.7 Å². The molecule has 0 saturated carbocycles. The van der Waals surface area contributed by atoms with E-state index in [2.05, 4.69) is 10.6 Å². The maximum atomic E-state index is 13.4. The number of nitrogens with zero attached hydrogens (tertiary/aromatic N) is 1. The third-order valence-corrected chi connectivity index (χ3v) is 4.61. The summed E-state index contributed by atoms with van der Waals surface area (Å²) < 4.78 is 9.98. The van der Waals surface area contributed by atoms with E-state index in [4.69, 9.17) is 9.47 Å². The zero-order chi connectivity index (χ0) is 23.5. The molecule has 1 aliphatic heterocycles. The lowest BCUT2D eigenvalue weighted by atomic mass is 10.0. The lowest BCUT2D eigenvalue weighted by molar-refractivity contribution is 0.0526. The van der Waals surface area contributed by atoms with Crippen LogP contribution in [0.1, 0.15) is 51.8 Å². The summed E-state index contributed by atoms with van der Waals surface area (Å²) in [4.78, 5) is 51.6. The van der Waals surface area contributed by atoms with Crippen molar-refractivity contribution in [1.82, 2.24) is 5.32 Å². The number of ether oxygens (including phenoxy) is 2. The molecule has 2 aromatic rings. The molecule has 2 N–H and O–H groups in total. The molecule has 0 aromatic heterocycles. The number of fused-ring (bicyclic) bond motifs is 2. The van der Waals surface area contributed by atoms with Crippen LogP contribution in [0.15, 0.2) is 42.5 Å². The zero-order valence-electron chi connectivity index (χ0n) is 18.4. The van der Waals surface area contributed by atoms with Crippen LogP contribution < -0.4 is 15.5 Å². The Hall–Kier alpha value is -3.88. The average molecular weight is 439 g/mol. The number of hydrogen-bond donors (Lipinski definition) is 2. The quantitative estimate of drug-likeness (QED) is 0.707. The molecule has 0 atom stereocenters. The van der Waals surface area contributed by atoms with Crippen LogP contribution in [0.4, 0.5) is 16.2 Å². The minimum Gasteiger partial charge on any atom is -0.465 e. The van der Waals surface area contributed by atoms with E-state index in [1.54, 1.807) is 51.1 Å². The summed E-state index contributed by atoms with van der Waals surface area (Å²) in [5.41, 5.74) is 0.663. The van der Waals surface area contributed by atoms with Gasteiger partial charge in [-0.2, -0.15) is 0 Å². The number of carbonyl (C=O) groups is 4. The fraction of sp³-hybridized carbons (Fsp3) is 0.304. The van der Waals surface area contributed by atoms with Crippen LogP contribution in [0.2, 0.25) is 0 Å². The molecule has 0 radical (unpaired) electrons. The molecule has 9 heteroatoms. The van der Waals surface area contributed by atoms with Gasteiger partial charge in [-0.25, -0.2) is 9.59 Å². The molecule has 0 fully saturated rings. The smallest absolute Gasteiger partial charge is 0.407 e. The van der Waals surface area contributed by atoms with Crippen LogP contribution in [0.25, 0.3) is 0 Å². The first-order valence-electron chi connectivity index (χ1n) is 10.0. The third-order valence-electron chi connectivity index (χ3n) is 4.61. The number of anilines is 2. The first-order chi connectivity index (χ1) is 15.1. The summed E-state index contributed by atoms with van der Waals surface area (Å²) in [6, 6.07) is 11.0. The van der Waals surface area contributed by atoms with Gasteiger partial charge in [-0.05, 0) is 51.1 Å². The first kappa shape index (κ1) is 22.8. The second-order valence-corrected chi connectivity index (χ2v) is 8.11. The molecule has 0 spiro atoms. The van der Waals surface area contributed by atoms with Crippen molar-refractivity contribution >= 4 is 35.3 Å². The van der Waals surface area contributed by atoms with Crippen molar-refractivity contribution in [2.75, 3.05) is 30.4 Å². The van der Waals surface area contributed by atoms with Crippen molar-refractivity contribution in [3.05, 3.63) is 59.2 Å². The van der Waals surface area contributed by atoms with E-state index in [0.29, 0.717) is 5.69 Å². The van der Waals surface area contributed by atoms with Crippen molar-refractivity contribution in [2.45, 2.75) is 26.4 Å². The highest BCUT2D eigenvalue weighted by molar-refractivity contribution is 6.20. The second kappa shape index (κ2) is 9.09. The van der Waals surface area contributed by atoms with Gasteiger partial charge in [-0.3, -0.25) is 9.59 Å². The van der Waals surface area contributed by atoms with Crippen LogP contribution in [0, 0.1) is 0 Å². The van der Waals surface area contributed by atoms with E-state index in [9.17, 15) is 19.2 Å². The number of rotatable bonds is 4. The van der Waals surface area contributed by atoms with Crippen molar-refractivity contribution in [3.63, 3.8) is 0 Å². The largest absolute Gasteiger partial charge is 0.465 e. The summed E-state index contributed by atoms with van der Waals surface area (Å²) in [6.07, 6.45) is -0.605. The fourth-order valence-corrected chi connectivity index (χ4v) is 3.23. The Labute approximate surface area is 185 Å². The highest BCUT2D eigenvalue weighted by Gasteiger charge is 2.29. The molecule has 0 aliphatic carbocycles. The Kier molecular flexibility index (Phi) is 6.47. The molecule has 2 aromatic carbocycles. The first-order valence-corrected chi connectivity index (χ1v) is 10.0. The van der Waals surface area contributed by atoms with Crippen molar-refractivity contribution in [1.29, 1.82) is 0 Å². The standard InChI is InChI=1S/C23H25N3O6/c1-23(2,3)32-22(30)24-11-12-26-18-10-9-14(21(29)31-4)13-17(18)25-19(27)15-7-5-6-8-16(15)20(26)28/h5-10,13H,11-12H2,1-4H3,(H,24,30)(H,25,27). The number of methoxy groups -OCH3 is 1. The molecule has 0 unspecified atom stereocenters. The number of nitrogens with one attached hydrogen (secondary N) is 2. The van der Waals surface area contributed by atoms with Crippen LogP contribution in [0.5, 0.6) is 0 Å². The molecule has 0 saturated heterocycles. The normalized spacial score (nSPS) is 13.2. The lowest BCUT2D eigenvalue weighted by Crippen LogP contribution is -2.42. The maximum absolute atomic E-state index is 13.4. The Morgan fingerprint density at radius 3 is 2.41 bits per heavy atom. The summed E-state index contributed by atoms with van der Waals surface area (Å²) >= 11 is 0. The summed E-state index contributed by atoms with van der Waals surface area (Å²) in [5, 5.41) is 5.39. The highest BCUT2D eigenvalue weighted by atomic mass is 16.6. The van der Waals surface area contributed by atoms with Crippen LogP contribution in [-0.2, 0) is 9.47 Å². The molecule has 3 amide bonds. The van der Waals surface area contributed by atoms with Crippen molar-refractivity contribution in [3.8, 4) is 0 Å². The van der Waals surface area contributed by atoms with Crippen LogP contribution >= 0.6 is 0 Å². The number of carbonyl (C=O) groups excluding carboxylic acids is 4. The van der Waals surface area contributed by atoms with E-state index >= 15 is 0 Å². The zero-order valence-corrected chi connectivity index (χ0v) is 18.4. The second-order valence-electron chi connectivity index (χ2n) is 8.11. The van der Waals surface area contributed by atoms with Crippen molar-refractivity contribution in [2.24, 2.45) is 0 Å². The topological polar surface area (TPSA) is 114 Å². The Bertz CT molecular complexity index is 1070. The van der Waals surface area contributed by atoms with Gasteiger partial charge < -0.3 is 25.0 Å². The maximum Gasteiger partial charge on any atom is 0.407 e. The molecule has 32 heavy (non-hydrogen) atoms. The van der Waals surface area contributed by atoms with E-state index < -0.39 is 29.5 Å². The molecule has 1 aliphatic rings. The van der Waals surface area contributed by atoms with Gasteiger partial charge in [0, 0.05) is 13.1 Å². The minimum atomic E-state index is -0.652. The summed E-state index contributed by atoms with van der Waals surface area (Å²) in [6.45, 7) is 5.47.